The summed E-state index contributed by atoms with van der Waals surface area (Å²) in [6.07, 6.45) is 5.21. The van der Waals surface area contributed by atoms with Gasteiger partial charge in [-0.25, -0.2) is 4.98 Å². The summed E-state index contributed by atoms with van der Waals surface area (Å²) in [6, 6.07) is 5.16. The lowest BCUT2D eigenvalue weighted by Gasteiger charge is -2.34. The maximum Gasteiger partial charge on any atom is 0.240 e. The van der Waals surface area contributed by atoms with Gasteiger partial charge in [0.05, 0.1) is 0 Å². The Labute approximate surface area is 116 Å². The highest BCUT2D eigenvalue weighted by atomic mass is 16.1. The van der Waals surface area contributed by atoms with Crippen molar-refractivity contribution in [2.45, 2.75) is 25.3 Å². The standard InChI is InChI=1S/C14H16N4O2/c15-13(20)10-5-1-3-8-18(10)14-11(9-19)17-7-4-2-6-12(17)16-14/h2,4,6-7,9-10H,1,3,5,8H2,(H2,15,20). The SMILES string of the molecule is NC(=O)C1CCCCN1c1nc2ccccn2c1C=O. The van der Waals surface area contributed by atoms with Crippen LogP contribution in [0.15, 0.2) is 24.4 Å². The third-order valence-electron chi connectivity index (χ3n) is 3.76. The predicted octanol–water partition coefficient (Wildman–Crippen LogP) is 0.991. The van der Waals surface area contributed by atoms with Crippen LogP contribution < -0.4 is 10.6 Å². The zero-order valence-electron chi connectivity index (χ0n) is 11.0. The van der Waals surface area contributed by atoms with Crippen molar-refractivity contribution in [1.82, 2.24) is 9.38 Å². The predicted molar refractivity (Wildman–Crippen MR) is 74.8 cm³/mol. The topological polar surface area (TPSA) is 80.7 Å². The number of nitrogens with zero attached hydrogens (tertiary/aromatic N) is 3. The molecule has 6 heteroatoms. The van der Waals surface area contributed by atoms with Gasteiger partial charge in [-0.05, 0) is 31.4 Å². The van der Waals surface area contributed by atoms with Crippen molar-refractivity contribution in [1.29, 1.82) is 0 Å². The molecule has 1 fully saturated rings. The van der Waals surface area contributed by atoms with Crippen LogP contribution in [0.2, 0.25) is 0 Å². The van der Waals surface area contributed by atoms with Gasteiger partial charge >= 0.3 is 0 Å². The fourth-order valence-corrected chi connectivity index (χ4v) is 2.80. The van der Waals surface area contributed by atoms with E-state index in [4.69, 9.17) is 5.73 Å². The first kappa shape index (κ1) is 12.7. The van der Waals surface area contributed by atoms with Gasteiger partial charge in [-0.2, -0.15) is 0 Å². The Kier molecular flexibility index (Phi) is 3.14. The molecule has 0 bridgehead atoms. The number of aldehydes is 1. The third kappa shape index (κ3) is 1.93. The quantitative estimate of drug-likeness (QED) is 0.845. The number of nitrogens with two attached hydrogens (primary N) is 1. The zero-order valence-corrected chi connectivity index (χ0v) is 11.0. The molecule has 20 heavy (non-hydrogen) atoms. The first-order valence-electron chi connectivity index (χ1n) is 6.70. The number of hydrogen-bond acceptors (Lipinski definition) is 4. The Balaban J connectivity index is 2.12. The van der Waals surface area contributed by atoms with Crippen LogP contribution in [0.25, 0.3) is 5.65 Å². The number of carbonyl (C=O) groups excluding carboxylic acids is 2. The molecule has 2 N–H and O–H groups in total. The molecule has 0 spiro atoms. The highest BCUT2D eigenvalue weighted by molar-refractivity contribution is 5.88. The van der Waals surface area contributed by atoms with Crippen LogP contribution in [-0.2, 0) is 4.79 Å². The fraction of sp³-hybridized carbons (Fsp3) is 0.357. The molecule has 0 aliphatic carbocycles. The maximum atomic E-state index is 11.6. The van der Waals surface area contributed by atoms with E-state index in [1.54, 1.807) is 10.6 Å². The van der Waals surface area contributed by atoms with Gasteiger partial charge in [-0.3, -0.25) is 14.0 Å². The van der Waals surface area contributed by atoms with Gasteiger partial charge in [0.2, 0.25) is 5.91 Å². The van der Waals surface area contributed by atoms with Gasteiger partial charge in [0.15, 0.2) is 12.1 Å². The summed E-state index contributed by atoms with van der Waals surface area (Å²) in [5.74, 6) is 0.188. The van der Waals surface area contributed by atoms with Gasteiger partial charge in [-0.1, -0.05) is 6.07 Å². The highest BCUT2D eigenvalue weighted by Gasteiger charge is 2.30. The molecule has 3 heterocycles. The maximum absolute atomic E-state index is 11.6. The van der Waals surface area contributed by atoms with Crippen molar-refractivity contribution < 1.29 is 9.59 Å². The van der Waals surface area contributed by atoms with E-state index in [0.717, 1.165) is 19.1 Å². The molecule has 1 saturated heterocycles. The number of carbonyl (C=O) groups is 2. The van der Waals surface area contributed by atoms with Crippen LogP contribution in [0.5, 0.6) is 0 Å². The fourth-order valence-electron chi connectivity index (χ4n) is 2.80. The molecule has 3 rings (SSSR count). The number of fused-ring (bicyclic) bond motifs is 1. The number of piperidine rings is 1. The molecular weight excluding hydrogens is 256 g/mol. The van der Waals surface area contributed by atoms with Gasteiger partial charge in [0, 0.05) is 12.7 Å². The van der Waals surface area contributed by atoms with E-state index >= 15 is 0 Å². The van der Waals surface area contributed by atoms with E-state index in [0.29, 0.717) is 30.1 Å². The van der Waals surface area contributed by atoms with E-state index in [1.165, 1.54) is 0 Å². The Morgan fingerprint density at radius 2 is 2.25 bits per heavy atom. The molecule has 104 valence electrons. The van der Waals surface area contributed by atoms with E-state index in [1.807, 2.05) is 23.1 Å². The van der Waals surface area contributed by atoms with Crippen molar-refractivity contribution in [2.24, 2.45) is 5.73 Å². The van der Waals surface area contributed by atoms with Gasteiger partial charge in [0.25, 0.3) is 0 Å². The van der Waals surface area contributed by atoms with Gasteiger partial charge in [0.1, 0.15) is 17.4 Å². The lowest BCUT2D eigenvalue weighted by molar-refractivity contribution is -0.119. The minimum absolute atomic E-state index is 0.362. The molecule has 1 aliphatic rings. The molecule has 0 radical (unpaired) electrons. The van der Waals surface area contributed by atoms with Crippen molar-refractivity contribution >= 4 is 23.7 Å². The minimum atomic E-state index is -0.382. The van der Waals surface area contributed by atoms with Crippen molar-refractivity contribution in [3.63, 3.8) is 0 Å². The van der Waals surface area contributed by atoms with Crippen molar-refractivity contribution in [3.8, 4) is 0 Å². The number of imidazole rings is 1. The summed E-state index contributed by atoms with van der Waals surface area (Å²) in [7, 11) is 0. The molecule has 0 aromatic carbocycles. The number of rotatable bonds is 3. The molecule has 2 aromatic rings. The normalized spacial score (nSPS) is 19.2. The number of amides is 1. The Hall–Kier alpha value is -2.37. The van der Waals surface area contributed by atoms with E-state index in [9.17, 15) is 9.59 Å². The average molecular weight is 272 g/mol. The summed E-state index contributed by atoms with van der Waals surface area (Å²) in [5.41, 5.74) is 6.64. The largest absolute Gasteiger partial charge is 0.368 e. The lowest BCUT2D eigenvalue weighted by Crippen LogP contribution is -2.48. The van der Waals surface area contributed by atoms with Crippen molar-refractivity contribution in [3.05, 3.63) is 30.1 Å². The third-order valence-corrected chi connectivity index (χ3v) is 3.76. The lowest BCUT2D eigenvalue weighted by atomic mass is 10.0. The monoisotopic (exact) mass is 272 g/mol. The molecule has 1 amide bonds. The second-order valence-electron chi connectivity index (χ2n) is 4.97. The van der Waals surface area contributed by atoms with E-state index in [-0.39, 0.29) is 11.9 Å². The molecular formula is C14H16N4O2. The summed E-state index contributed by atoms with van der Waals surface area (Å²) < 4.78 is 1.73. The summed E-state index contributed by atoms with van der Waals surface area (Å²) in [6.45, 7) is 0.693. The molecule has 1 aliphatic heterocycles. The molecule has 1 unspecified atom stereocenters. The zero-order chi connectivity index (χ0) is 14.1. The van der Waals surface area contributed by atoms with Gasteiger partial charge < -0.3 is 10.6 Å². The number of primary amides is 1. The molecule has 1 atom stereocenters. The highest BCUT2D eigenvalue weighted by Crippen LogP contribution is 2.27. The van der Waals surface area contributed by atoms with Crippen molar-refractivity contribution in [2.75, 3.05) is 11.4 Å². The first-order chi connectivity index (χ1) is 9.72. The second kappa shape index (κ2) is 4.96. The summed E-state index contributed by atoms with van der Waals surface area (Å²) in [5, 5.41) is 0. The number of aromatic nitrogens is 2. The Morgan fingerprint density at radius 1 is 1.40 bits per heavy atom. The minimum Gasteiger partial charge on any atom is -0.368 e. The Bertz CT molecular complexity index is 664. The van der Waals surface area contributed by atoms with Crippen LogP contribution in [0.4, 0.5) is 5.82 Å². The molecule has 2 aromatic heterocycles. The van der Waals surface area contributed by atoms with E-state index < -0.39 is 0 Å². The Morgan fingerprint density at radius 3 is 3.00 bits per heavy atom. The molecule has 6 nitrogen and oxygen atoms in total. The van der Waals surface area contributed by atoms with Crippen LogP contribution in [0, 0.1) is 0 Å². The van der Waals surface area contributed by atoms with Crippen LogP contribution in [0.1, 0.15) is 29.8 Å². The van der Waals surface area contributed by atoms with Gasteiger partial charge in [-0.15, -0.1) is 0 Å². The number of hydrogen-bond donors (Lipinski definition) is 1. The molecule has 0 saturated carbocycles. The summed E-state index contributed by atoms with van der Waals surface area (Å²) >= 11 is 0. The smallest absolute Gasteiger partial charge is 0.240 e. The first-order valence-corrected chi connectivity index (χ1v) is 6.70. The van der Waals surface area contributed by atoms with E-state index in [2.05, 4.69) is 4.98 Å². The number of pyridine rings is 1. The van der Waals surface area contributed by atoms with Crippen LogP contribution in [0.3, 0.4) is 0 Å². The van der Waals surface area contributed by atoms with Crippen LogP contribution in [-0.4, -0.2) is 34.2 Å². The number of anilines is 1. The second-order valence-corrected chi connectivity index (χ2v) is 4.97. The summed E-state index contributed by atoms with van der Waals surface area (Å²) in [4.78, 5) is 29.4. The van der Waals surface area contributed by atoms with Crippen LogP contribution >= 0.6 is 0 Å². The average Bonchev–Trinajstić information content (AvgIpc) is 2.85.